The second-order valence-corrected chi connectivity index (χ2v) is 2.94. The normalized spacial score (nSPS) is 9.27. The van der Waals surface area contributed by atoms with Crippen molar-refractivity contribution in [2.24, 2.45) is 0 Å². The molecule has 0 saturated carbocycles. The molecule has 11 heavy (non-hydrogen) atoms. The molecule has 1 aromatic carbocycles. The summed E-state index contributed by atoms with van der Waals surface area (Å²) in [4.78, 5) is 0. The SMILES string of the molecule is Cc1c(F)ccc(C#N)c1Br. The van der Waals surface area contributed by atoms with E-state index in [1.807, 2.05) is 6.07 Å². The second-order valence-electron chi connectivity index (χ2n) is 2.15. The van der Waals surface area contributed by atoms with Crippen molar-refractivity contribution < 1.29 is 4.39 Å². The maximum atomic E-state index is 12.8. The van der Waals surface area contributed by atoms with E-state index in [9.17, 15) is 4.39 Å². The van der Waals surface area contributed by atoms with Crippen molar-refractivity contribution in [3.05, 3.63) is 33.5 Å². The minimum absolute atomic E-state index is 0.295. The van der Waals surface area contributed by atoms with Crippen LogP contribution in [0, 0.1) is 24.1 Å². The third-order valence-electron chi connectivity index (χ3n) is 1.44. The van der Waals surface area contributed by atoms with Crippen LogP contribution in [0.4, 0.5) is 4.39 Å². The van der Waals surface area contributed by atoms with Crippen LogP contribution >= 0.6 is 15.9 Å². The molecule has 0 amide bonds. The van der Waals surface area contributed by atoms with E-state index in [2.05, 4.69) is 15.9 Å². The van der Waals surface area contributed by atoms with E-state index >= 15 is 0 Å². The van der Waals surface area contributed by atoms with Crippen LogP contribution in [-0.4, -0.2) is 0 Å². The molecule has 0 atom stereocenters. The number of benzene rings is 1. The fourth-order valence-corrected chi connectivity index (χ4v) is 1.16. The maximum absolute atomic E-state index is 12.8. The van der Waals surface area contributed by atoms with Crippen LogP contribution in [0.5, 0.6) is 0 Å². The van der Waals surface area contributed by atoms with Gasteiger partial charge < -0.3 is 0 Å². The Bertz CT molecular complexity index is 328. The minimum atomic E-state index is -0.295. The van der Waals surface area contributed by atoms with Crippen LogP contribution in [0.3, 0.4) is 0 Å². The first-order valence-electron chi connectivity index (χ1n) is 3.01. The fourth-order valence-electron chi connectivity index (χ4n) is 0.748. The Morgan fingerprint density at radius 2 is 2.18 bits per heavy atom. The van der Waals surface area contributed by atoms with Crippen molar-refractivity contribution in [3.8, 4) is 6.07 Å². The van der Waals surface area contributed by atoms with Gasteiger partial charge in [0.25, 0.3) is 0 Å². The molecule has 0 aliphatic rings. The zero-order chi connectivity index (χ0) is 8.43. The van der Waals surface area contributed by atoms with Gasteiger partial charge in [-0.25, -0.2) is 4.39 Å². The molecule has 1 aromatic rings. The highest BCUT2D eigenvalue weighted by molar-refractivity contribution is 9.10. The van der Waals surface area contributed by atoms with E-state index in [1.165, 1.54) is 12.1 Å². The summed E-state index contributed by atoms with van der Waals surface area (Å²) in [6, 6.07) is 4.69. The van der Waals surface area contributed by atoms with E-state index in [1.54, 1.807) is 6.92 Å². The summed E-state index contributed by atoms with van der Waals surface area (Å²) in [6.45, 7) is 1.63. The highest BCUT2D eigenvalue weighted by atomic mass is 79.9. The first kappa shape index (κ1) is 8.22. The molecule has 0 aliphatic heterocycles. The van der Waals surface area contributed by atoms with Gasteiger partial charge in [0.15, 0.2) is 0 Å². The van der Waals surface area contributed by atoms with Crippen LogP contribution in [0.2, 0.25) is 0 Å². The Labute approximate surface area is 72.6 Å². The first-order valence-corrected chi connectivity index (χ1v) is 3.81. The quantitative estimate of drug-likeness (QED) is 0.651. The van der Waals surface area contributed by atoms with E-state index < -0.39 is 0 Å². The molecule has 3 heteroatoms. The predicted molar refractivity (Wildman–Crippen MR) is 43.6 cm³/mol. The summed E-state index contributed by atoms with van der Waals surface area (Å²) in [5, 5.41) is 8.53. The third-order valence-corrected chi connectivity index (χ3v) is 2.46. The number of hydrogen-bond acceptors (Lipinski definition) is 1. The molecule has 0 saturated heterocycles. The molecule has 0 heterocycles. The van der Waals surface area contributed by atoms with Gasteiger partial charge in [0.2, 0.25) is 0 Å². The second kappa shape index (κ2) is 3.02. The highest BCUT2D eigenvalue weighted by Gasteiger charge is 2.05. The van der Waals surface area contributed by atoms with Gasteiger partial charge >= 0.3 is 0 Å². The lowest BCUT2D eigenvalue weighted by atomic mass is 10.1. The molecule has 56 valence electrons. The van der Waals surface area contributed by atoms with Gasteiger partial charge in [-0.15, -0.1) is 0 Å². The molecule has 0 spiro atoms. The van der Waals surface area contributed by atoms with E-state index in [0.717, 1.165) is 0 Å². The van der Waals surface area contributed by atoms with Gasteiger partial charge in [-0.2, -0.15) is 5.26 Å². The lowest BCUT2D eigenvalue weighted by Gasteiger charge is -1.99. The number of rotatable bonds is 0. The van der Waals surface area contributed by atoms with Crippen molar-refractivity contribution >= 4 is 15.9 Å². The van der Waals surface area contributed by atoms with Crippen molar-refractivity contribution in [1.29, 1.82) is 5.26 Å². The molecule has 0 aliphatic carbocycles. The molecule has 0 bridgehead atoms. The van der Waals surface area contributed by atoms with Crippen LogP contribution < -0.4 is 0 Å². The molecule has 0 N–H and O–H groups in total. The monoisotopic (exact) mass is 213 g/mol. The molecular formula is C8H5BrFN. The van der Waals surface area contributed by atoms with E-state index in [0.29, 0.717) is 15.6 Å². The van der Waals surface area contributed by atoms with Gasteiger partial charge in [0.05, 0.1) is 5.56 Å². The number of hydrogen-bond donors (Lipinski definition) is 0. The van der Waals surface area contributed by atoms with Gasteiger partial charge in [0.1, 0.15) is 11.9 Å². The largest absolute Gasteiger partial charge is 0.207 e. The average Bonchev–Trinajstić information content (AvgIpc) is 2.01. The molecule has 1 rings (SSSR count). The lowest BCUT2D eigenvalue weighted by Crippen LogP contribution is -1.86. The Morgan fingerprint density at radius 3 is 2.73 bits per heavy atom. The summed E-state index contributed by atoms with van der Waals surface area (Å²) < 4.78 is 13.3. The minimum Gasteiger partial charge on any atom is -0.207 e. The first-order chi connectivity index (χ1) is 5.16. The van der Waals surface area contributed by atoms with Crippen LogP contribution in [0.25, 0.3) is 0 Å². The number of nitriles is 1. The third kappa shape index (κ3) is 1.41. The zero-order valence-corrected chi connectivity index (χ0v) is 7.44. The smallest absolute Gasteiger partial charge is 0.127 e. The molecule has 0 aromatic heterocycles. The standard InChI is InChI=1S/C8H5BrFN/c1-5-7(10)3-2-6(4-11)8(5)9/h2-3H,1H3. The summed E-state index contributed by atoms with van der Waals surface area (Å²) in [5.74, 6) is -0.295. The van der Waals surface area contributed by atoms with E-state index in [-0.39, 0.29) is 5.82 Å². The van der Waals surface area contributed by atoms with Crippen molar-refractivity contribution in [2.75, 3.05) is 0 Å². The van der Waals surface area contributed by atoms with Crippen LogP contribution in [0.1, 0.15) is 11.1 Å². The molecule has 0 radical (unpaired) electrons. The van der Waals surface area contributed by atoms with Gasteiger partial charge in [-0.1, -0.05) is 0 Å². The van der Waals surface area contributed by atoms with Crippen LogP contribution in [-0.2, 0) is 0 Å². The highest BCUT2D eigenvalue weighted by Crippen LogP contribution is 2.22. The predicted octanol–water partition coefficient (Wildman–Crippen LogP) is 2.77. The van der Waals surface area contributed by atoms with E-state index in [4.69, 9.17) is 5.26 Å². The van der Waals surface area contributed by atoms with Crippen LogP contribution in [0.15, 0.2) is 16.6 Å². The Balaban J connectivity index is 3.40. The zero-order valence-electron chi connectivity index (χ0n) is 5.86. The molecule has 1 nitrogen and oxygen atoms in total. The van der Waals surface area contributed by atoms with Gasteiger partial charge in [-0.05, 0) is 35.0 Å². The summed E-state index contributed by atoms with van der Waals surface area (Å²) in [7, 11) is 0. The Hall–Kier alpha value is -0.880. The Morgan fingerprint density at radius 1 is 1.55 bits per heavy atom. The number of nitrogens with zero attached hydrogens (tertiary/aromatic N) is 1. The Kier molecular flexibility index (Phi) is 2.25. The van der Waals surface area contributed by atoms with Gasteiger partial charge in [0, 0.05) is 10.0 Å². The lowest BCUT2D eigenvalue weighted by molar-refractivity contribution is 0.617. The summed E-state index contributed by atoms with van der Waals surface area (Å²) >= 11 is 3.13. The topological polar surface area (TPSA) is 23.8 Å². The summed E-state index contributed by atoms with van der Waals surface area (Å²) in [6.07, 6.45) is 0. The van der Waals surface area contributed by atoms with Gasteiger partial charge in [-0.3, -0.25) is 0 Å². The molecular weight excluding hydrogens is 209 g/mol. The average molecular weight is 214 g/mol. The maximum Gasteiger partial charge on any atom is 0.127 e. The fraction of sp³-hybridized carbons (Fsp3) is 0.125. The van der Waals surface area contributed by atoms with Crippen molar-refractivity contribution in [2.45, 2.75) is 6.92 Å². The number of halogens is 2. The molecule has 0 fully saturated rings. The summed E-state index contributed by atoms with van der Waals surface area (Å²) in [5.41, 5.74) is 0.938. The van der Waals surface area contributed by atoms with Crippen molar-refractivity contribution in [1.82, 2.24) is 0 Å². The van der Waals surface area contributed by atoms with Crippen molar-refractivity contribution in [3.63, 3.8) is 0 Å². The molecule has 0 unspecified atom stereocenters.